The average Bonchev–Trinajstić information content (AvgIpc) is 3.32. The van der Waals surface area contributed by atoms with E-state index in [9.17, 15) is 0 Å². The maximum absolute atomic E-state index is 4.84. The van der Waals surface area contributed by atoms with Gasteiger partial charge < -0.3 is 5.32 Å². The Morgan fingerprint density at radius 1 is 1.32 bits per heavy atom. The summed E-state index contributed by atoms with van der Waals surface area (Å²) >= 11 is 0. The lowest BCUT2D eigenvalue weighted by Crippen LogP contribution is -2.29. The van der Waals surface area contributed by atoms with E-state index >= 15 is 0 Å². The van der Waals surface area contributed by atoms with E-state index in [1.54, 1.807) is 0 Å². The predicted molar refractivity (Wildman–Crippen MR) is 75.1 cm³/mol. The van der Waals surface area contributed by atoms with Crippen LogP contribution >= 0.6 is 0 Å². The zero-order valence-electron chi connectivity index (χ0n) is 11.7. The Kier molecular flexibility index (Phi) is 2.83. The van der Waals surface area contributed by atoms with Crippen LogP contribution in [-0.2, 0) is 12.8 Å². The molecule has 3 atom stereocenters. The second-order valence-electron chi connectivity index (χ2n) is 6.81. The molecule has 0 aliphatic heterocycles. The number of nitrogens with one attached hydrogen (secondary N) is 1. The third-order valence-electron chi connectivity index (χ3n) is 4.98. The second kappa shape index (κ2) is 4.55. The molecule has 19 heavy (non-hydrogen) atoms. The molecule has 3 unspecified atom stereocenters. The van der Waals surface area contributed by atoms with E-state index in [2.05, 4.69) is 23.4 Å². The summed E-state index contributed by atoms with van der Waals surface area (Å²) in [5, 5.41) is 3.66. The van der Waals surface area contributed by atoms with E-state index < -0.39 is 0 Å². The first-order valence-corrected chi connectivity index (χ1v) is 7.87. The van der Waals surface area contributed by atoms with Gasteiger partial charge >= 0.3 is 0 Å². The van der Waals surface area contributed by atoms with Crippen molar-refractivity contribution in [3.8, 4) is 0 Å². The lowest BCUT2D eigenvalue weighted by atomic mass is 9.87. The number of aryl methyl sites for hydroxylation is 1. The third-order valence-corrected chi connectivity index (χ3v) is 4.98. The van der Waals surface area contributed by atoms with Gasteiger partial charge in [0.05, 0.1) is 0 Å². The zero-order chi connectivity index (χ0) is 12.8. The van der Waals surface area contributed by atoms with E-state index in [0.29, 0.717) is 5.92 Å². The highest BCUT2D eigenvalue weighted by Gasteiger charge is 2.37. The smallest absolute Gasteiger partial charge is 0.131 e. The lowest BCUT2D eigenvalue weighted by molar-refractivity contribution is 0.417. The van der Waals surface area contributed by atoms with Crippen molar-refractivity contribution in [3.63, 3.8) is 0 Å². The quantitative estimate of drug-likeness (QED) is 0.900. The summed E-state index contributed by atoms with van der Waals surface area (Å²) in [6.45, 7) is 3.48. The monoisotopic (exact) mass is 257 g/mol. The van der Waals surface area contributed by atoms with Crippen LogP contribution in [-0.4, -0.2) is 22.6 Å². The maximum atomic E-state index is 4.84. The van der Waals surface area contributed by atoms with E-state index in [1.165, 1.54) is 49.9 Å². The molecule has 3 aliphatic carbocycles. The molecule has 0 amide bonds. The number of hydrogen-bond donors (Lipinski definition) is 1. The molecule has 1 aromatic rings. The largest absolute Gasteiger partial charge is 0.314 e. The average molecular weight is 257 g/mol. The molecule has 2 saturated carbocycles. The molecule has 0 radical (unpaired) electrons. The van der Waals surface area contributed by atoms with Gasteiger partial charge in [-0.25, -0.2) is 9.97 Å². The molecule has 0 spiro atoms. The highest BCUT2D eigenvalue weighted by molar-refractivity contribution is 5.24. The zero-order valence-corrected chi connectivity index (χ0v) is 11.7. The van der Waals surface area contributed by atoms with Crippen LogP contribution in [0.15, 0.2) is 6.20 Å². The minimum Gasteiger partial charge on any atom is -0.314 e. The van der Waals surface area contributed by atoms with Crippen LogP contribution in [0.25, 0.3) is 0 Å². The first-order valence-electron chi connectivity index (χ1n) is 7.87. The van der Waals surface area contributed by atoms with Crippen molar-refractivity contribution in [3.05, 3.63) is 23.3 Å². The van der Waals surface area contributed by atoms with Crippen molar-refractivity contribution >= 4 is 0 Å². The van der Waals surface area contributed by atoms with Crippen LogP contribution in [0.1, 0.15) is 55.6 Å². The molecule has 4 rings (SSSR count). The van der Waals surface area contributed by atoms with Crippen LogP contribution in [0.4, 0.5) is 0 Å². The highest BCUT2D eigenvalue weighted by atomic mass is 15.0. The fraction of sp³-hybridized carbons (Fsp3) is 0.750. The van der Waals surface area contributed by atoms with Gasteiger partial charge in [0, 0.05) is 23.9 Å². The topological polar surface area (TPSA) is 37.8 Å². The number of nitrogens with zero attached hydrogens (tertiary/aromatic N) is 2. The molecule has 0 aromatic carbocycles. The molecular formula is C16H23N3. The van der Waals surface area contributed by atoms with Crippen molar-refractivity contribution in [1.29, 1.82) is 0 Å². The molecule has 1 heterocycles. The number of fused-ring (bicyclic) bond motifs is 1. The van der Waals surface area contributed by atoms with Gasteiger partial charge in [-0.3, -0.25) is 0 Å². The van der Waals surface area contributed by atoms with E-state index in [4.69, 9.17) is 4.98 Å². The summed E-state index contributed by atoms with van der Waals surface area (Å²) in [6, 6.07) is 0.830. The first-order chi connectivity index (χ1) is 9.29. The van der Waals surface area contributed by atoms with Gasteiger partial charge in [-0.15, -0.1) is 0 Å². The van der Waals surface area contributed by atoms with Gasteiger partial charge in [-0.2, -0.15) is 0 Å². The van der Waals surface area contributed by atoms with Crippen LogP contribution in [0.5, 0.6) is 0 Å². The minimum absolute atomic E-state index is 0.652. The standard InChI is InChI=1S/C16H23N3/c1-10-6-14(10)16-18-9-12-7-11(2-5-15(12)19-16)8-17-13-3-4-13/h9-11,13-14,17H,2-8H2,1H3. The predicted octanol–water partition coefficient (Wildman–Crippen LogP) is 2.46. The Bertz CT molecular complexity index is 481. The molecule has 1 aromatic heterocycles. The fourth-order valence-corrected chi connectivity index (χ4v) is 3.25. The van der Waals surface area contributed by atoms with E-state index in [-0.39, 0.29) is 0 Å². The minimum atomic E-state index is 0.652. The van der Waals surface area contributed by atoms with Crippen molar-refractivity contribution in [2.45, 2.75) is 57.4 Å². The van der Waals surface area contributed by atoms with E-state index in [1.807, 2.05) is 0 Å². The van der Waals surface area contributed by atoms with Gasteiger partial charge in [-0.1, -0.05) is 6.92 Å². The Morgan fingerprint density at radius 3 is 2.89 bits per heavy atom. The van der Waals surface area contributed by atoms with Crippen LogP contribution in [0, 0.1) is 11.8 Å². The number of aromatic nitrogens is 2. The fourth-order valence-electron chi connectivity index (χ4n) is 3.25. The Labute approximate surface area is 115 Å². The van der Waals surface area contributed by atoms with Crippen LogP contribution in [0.2, 0.25) is 0 Å². The van der Waals surface area contributed by atoms with Gasteiger partial charge in [0.2, 0.25) is 0 Å². The van der Waals surface area contributed by atoms with Crippen LogP contribution in [0.3, 0.4) is 0 Å². The van der Waals surface area contributed by atoms with Gasteiger partial charge in [-0.05, 0) is 62.5 Å². The van der Waals surface area contributed by atoms with E-state index in [0.717, 1.165) is 30.1 Å². The molecule has 0 bridgehead atoms. The molecular weight excluding hydrogens is 234 g/mol. The Hall–Kier alpha value is -0.960. The molecule has 1 N–H and O–H groups in total. The Morgan fingerprint density at radius 2 is 2.16 bits per heavy atom. The van der Waals surface area contributed by atoms with Gasteiger partial charge in [0.1, 0.15) is 5.82 Å². The maximum Gasteiger partial charge on any atom is 0.131 e. The molecule has 102 valence electrons. The van der Waals surface area contributed by atoms with Crippen molar-refractivity contribution in [1.82, 2.24) is 15.3 Å². The van der Waals surface area contributed by atoms with Crippen molar-refractivity contribution in [2.75, 3.05) is 6.54 Å². The summed E-state index contributed by atoms with van der Waals surface area (Å²) in [5.74, 6) is 3.36. The van der Waals surface area contributed by atoms with Gasteiger partial charge in [0.25, 0.3) is 0 Å². The summed E-state index contributed by atoms with van der Waals surface area (Å²) in [6.07, 6.45) is 9.80. The van der Waals surface area contributed by atoms with Crippen LogP contribution < -0.4 is 5.32 Å². The Balaban J connectivity index is 1.43. The first kappa shape index (κ1) is 11.8. The SMILES string of the molecule is CC1CC1c1ncc2c(n1)CCC(CNC1CC1)C2. The highest BCUT2D eigenvalue weighted by Crippen LogP contribution is 2.45. The molecule has 3 heteroatoms. The lowest BCUT2D eigenvalue weighted by Gasteiger charge is -2.24. The van der Waals surface area contributed by atoms with Gasteiger partial charge in [0.15, 0.2) is 0 Å². The molecule has 3 aliphatic rings. The summed E-state index contributed by atoms with van der Waals surface area (Å²) in [7, 11) is 0. The third kappa shape index (κ3) is 2.53. The summed E-state index contributed by atoms with van der Waals surface area (Å²) in [4.78, 5) is 9.45. The van der Waals surface area contributed by atoms with Crippen molar-refractivity contribution in [2.24, 2.45) is 11.8 Å². The summed E-state index contributed by atoms with van der Waals surface area (Å²) < 4.78 is 0. The van der Waals surface area contributed by atoms with Crippen molar-refractivity contribution < 1.29 is 0 Å². The number of rotatable bonds is 4. The molecule has 0 saturated heterocycles. The number of hydrogen-bond acceptors (Lipinski definition) is 3. The molecule has 2 fully saturated rings. The normalized spacial score (nSPS) is 33.0. The summed E-state index contributed by atoms with van der Waals surface area (Å²) in [5.41, 5.74) is 2.75. The molecule has 3 nitrogen and oxygen atoms in total. The second-order valence-corrected chi connectivity index (χ2v) is 6.81.